The summed E-state index contributed by atoms with van der Waals surface area (Å²) in [6.45, 7) is 2.44. The Morgan fingerprint density at radius 2 is 1.55 bits per heavy atom. The van der Waals surface area contributed by atoms with Crippen LogP contribution in [0, 0.1) is 19.0 Å². The second-order valence-corrected chi connectivity index (χ2v) is 14.9. The van der Waals surface area contributed by atoms with Gasteiger partial charge in [-0.2, -0.15) is 40.7 Å². The fourth-order valence-electron chi connectivity index (χ4n) is 5.60. The normalized spacial score (nSPS) is 13.2. The summed E-state index contributed by atoms with van der Waals surface area (Å²) < 4.78 is 30.2. The van der Waals surface area contributed by atoms with Crippen LogP contribution in [0.4, 0.5) is 0 Å². The van der Waals surface area contributed by atoms with E-state index >= 15 is 0 Å². The van der Waals surface area contributed by atoms with Crippen LogP contribution >= 0.6 is 0 Å². The van der Waals surface area contributed by atoms with E-state index in [4.69, 9.17) is 4.11 Å². The number of rotatable bonds is 4. The van der Waals surface area contributed by atoms with Crippen molar-refractivity contribution in [3.63, 3.8) is 0 Å². The van der Waals surface area contributed by atoms with E-state index < -0.39 is 14.9 Å². The molecule has 0 saturated heterocycles. The van der Waals surface area contributed by atoms with Crippen LogP contribution in [0.3, 0.4) is 0 Å². The first-order valence-corrected chi connectivity index (χ1v) is 16.0. The van der Waals surface area contributed by atoms with Gasteiger partial charge >= 0.3 is 0 Å². The molecule has 0 N–H and O–H groups in total. The van der Waals surface area contributed by atoms with Gasteiger partial charge in [0.15, 0.2) is 17.4 Å². The Morgan fingerprint density at radius 1 is 0.800 bits per heavy atom. The second kappa shape index (κ2) is 9.99. The summed E-state index contributed by atoms with van der Waals surface area (Å²) in [5.41, 5.74) is 5.43. The van der Waals surface area contributed by atoms with Crippen LogP contribution in [0.1, 0.15) is 9.68 Å². The minimum Gasteiger partial charge on any atom is -0.319 e. The Bertz CT molecular complexity index is 2150. The first-order chi connectivity index (χ1) is 20.1. The van der Waals surface area contributed by atoms with Crippen LogP contribution in [0.25, 0.3) is 44.3 Å². The van der Waals surface area contributed by atoms with Crippen molar-refractivity contribution < 1.29 is 25.2 Å². The fourth-order valence-corrected chi connectivity index (χ4v) is 7.77. The van der Waals surface area contributed by atoms with E-state index in [1.165, 1.54) is 5.19 Å². The summed E-state index contributed by atoms with van der Waals surface area (Å²) in [5, 5.41) is 4.46. The van der Waals surface area contributed by atoms with Crippen LogP contribution in [0.15, 0.2) is 104 Å². The molecule has 0 aliphatic heterocycles. The van der Waals surface area contributed by atoms with E-state index in [2.05, 4.69) is 113 Å². The molecule has 0 bridgehead atoms. The van der Waals surface area contributed by atoms with E-state index in [1.807, 2.05) is 22.8 Å². The van der Waals surface area contributed by atoms with Crippen molar-refractivity contribution in [2.24, 2.45) is 7.05 Å². The molecule has 0 atom stereocenters. The number of para-hydroxylation sites is 3. The van der Waals surface area contributed by atoms with Crippen molar-refractivity contribution in [2.75, 3.05) is 0 Å². The zero-order valence-corrected chi connectivity index (χ0v) is 25.7. The van der Waals surface area contributed by atoms with Gasteiger partial charge in [-0.05, 0) is 48.1 Å². The summed E-state index contributed by atoms with van der Waals surface area (Å²) in [5.74, 6) is 0.573. The molecule has 0 saturated carbocycles. The minimum absolute atomic E-state index is 0. The number of nitrogens with zero attached hydrogens (tertiary/aromatic N) is 4. The predicted molar refractivity (Wildman–Crippen MR) is 164 cm³/mol. The van der Waals surface area contributed by atoms with Gasteiger partial charge in [0, 0.05) is 61.8 Å². The number of fused-ring (bicyclic) bond motifs is 4. The van der Waals surface area contributed by atoms with Gasteiger partial charge in [0.05, 0.1) is 8.07 Å². The summed E-state index contributed by atoms with van der Waals surface area (Å²) in [4.78, 5) is 4.61. The molecule has 6 heteroatoms. The predicted octanol–water partition coefficient (Wildman–Crippen LogP) is 6.47. The van der Waals surface area contributed by atoms with Crippen molar-refractivity contribution in [1.29, 1.82) is 0 Å². The Labute approximate surface area is 254 Å². The Kier molecular flexibility index (Phi) is 5.74. The van der Waals surface area contributed by atoms with Crippen molar-refractivity contribution in [3.8, 4) is 11.5 Å². The molecule has 7 aromatic rings. The van der Waals surface area contributed by atoms with E-state index in [0.717, 1.165) is 43.7 Å². The van der Waals surface area contributed by atoms with Crippen molar-refractivity contribution in [3.05, 3.63) is 121 Å². The van der Waals surface area contributed by atoms with E-state index in [-0.39, 0.29) is 26.6 Å². The van der Waals surface area contributed by atoms with E-state index in [0.29, 0.717) is 5.82 Å². The van der Waals surface area contributed by atoms with Crippen molar-refractivity contribution in [2.45, 2.75) is 19.9 Å². The number of benzene rings is 4. The first kappa shape index (κ1) is 23.0. The monoisotopic (exact) mass is 719 g/mol. The van der Waals surface area contributed by atoms with Crippen LogP contribution in [-0.4, -0.2) is 26.8 Å². The molecule has 0 aliphatic carbocycles. The van der Waals surface area contributed by atoms with Crippen LogP contribution in [0.5, 0.6) is 0 Å². The van der Waals surface area contributed by atoms with Gasteiger partial charge in [-0.25, -0.2) is 14.1 Å². The molecule has 0 aliphatic rings. The molecule has 3 heterocycles. The maximum absolute atomic E-state index is 7.94. The minimum atomic E-state index is -2.27. The molecular weight excluding hydrogens is 688 g/mol. The number of aromatic nitrogens is 4. The van der Waals surface area contributed by atoms with Gasteiger partial charge in [0.2, 0.25) is 0 Å². The maximum Gasteiger partial charge on any atom is 0.188 e. The van der Waals surface area contributed by atoms with Gasteiger partial charge < -0.3 is 4.57 Å². The van der Waals surface area contributed by atoms with E-state index in [1.54, 1.807) is 18.3 Å². The second-order valence-electron chi connectivity index (χ2n) is 10.5. The van der Waals surface area contributed by atoms with Crippen LogP contribution in [0.2, 0.25) is 13.1 Å². The average Bonchev–Trinajstić information content (AvgIpc) is 3.51. The summed E-state index contributed by atoms with van der Waals surface area (Å²) in [6.07, 6.45) is 3.68. The Balaban J connectivity index is 0.00000329. The number of hydrogen-bond donors (Lipinski definition) is 0. The summed E-state index contributed by atoms with van der Waals surface area (Å²) in [7, 11) is -0.204. The van der Waals surface area contributed by atoms with Gasteiger partial charge in [0.1, 0.15) is 5.82 Å². The number of imidazole rings is 1. The quantitative estimate of drug-likeness (QED) is 0.152. The summed E-state index contributed by atoms with van der Waals surface area (Å²) in [6, 6.07) is 38.1. The Morgan fingerprint density at radius 3 is 2.38 bits per heavy atom. The number of pyridine rings is 1. The average molecular weight is 720 g/mol. The van der Waals surface area contributed by atoms with E-state index in [9.17, 15) is 0 Å². The molecule has 4 nitrogen and oxygen atoms in total. The third-order valence-electron chi connectivity index (χ3n) is 7.75. The van der Waals surface area contributed by atoms with Crippen molar-refractivity contribution >= 4 is 51.3 Å². The third-order valence-corrected chi connectivity index (χ3v) is 11.0. The zero-order chi connectivity index (χ0) is 29.2. The van der Waals surface area contributed by atoms with Crippen LogP contribution in [-0.2, 0) is 28.1 Å². The summed E-state index contributed by atoms with van der Waals surface area (Å²) >= 11 is 0. The number of aryl methyl sites for hydroxylation is 2. The van der Waals surface area contributed by atoms with Crippen LogP contribution < -0.4 is 10.4 Å². The smallest absolute Gasteiger partial charge is 0.188 e. The molecule has 0 radical (unpaired) electrons. The van der Waals surface area contributed by atoms with Gasteiger partial charge in [-0.1, -0.05) is 36.8 Å². The Hall–Kier alpha value is -3.79. The molecule has 7 rings (SSSR count). The SMILES string of the molecule is [2H]C([2H])([2H])c1ccnc(-n2c3[c-]c([Si](C)(C)c4[c-]c(-n5[cH+]n(C)c6ccccc65)ccc4)ccc3c3ccccc32)c1.[Pt]. The molecule has 4 aromatic carbocycles. The van der Waals surface area contributed by atoms with Gasteiger partial charge in [0.25, 0.3) is 0 Å². The van der Waals surface area contributed by atoms with Gasteiger partial charge in [-0.15, -0.1) is 17.5 Å². The maximum atomic E-state index is 7.94. The molecule has 0 unspecified atom stereocenters. The topological polar surface area (TPSA) is 27.7 Å². The van der Waals surface area contributed by atoms with Crippen molar-refractivity contribution in [1.82, 2.24) is 18.7 Å². The van der Waals surface area contributed by atoms with Gasteiger partial charge in [-0.3, -0.25) is 0 Å². The molecular formula is C34H29N4PtSi-. The molecule has 0 spiro atoms. The molecule has 40 heavy (non-hydrogen) atoms. The fraction of sp³-hybridized carbons (Fsp3) is 0.118. The third kappa shape index (κ3) is 4.16. The molecule has 3 aromatic heterocycles. The molecule has 0 amide bonds. The largest absolute Gasteiger partial charge is 0.319 e. The standard InChI is InChI=1S/C34H29N4Si.Pt/c1-24-18-19-35-34(20-24)38-30-13-6-5-12-28(30)29-17-16-27(22-33(29)38)39(3,4)26-11-9-10-25(21-26)37-23-36(2)31-14-7-8-15-32(31)37;/h5-20,23H,1-4H3;/q-1;/i1D3;. The zero-order valence-electron chi connectivity index (χ0n) is 25.4. The first-order valence-electron chi connectivity index (χ1n) is 14.5. The number of hydrogen-bond acceptors (Lipinski definition) is 1. The molecule has 0 fully saturated rings. The molecule has 200 valence electrons.